The molecular weight excluding hydrogens is 470 g/mol. The summed E-state index contributed by atoms with van der Waals surface area (Å²) in [7, 11) is 0. The van der Waals surface area contributed by atoms with Crippen molar-refractivity contribution in [2.45, 2.75) is 18.7 Å². The number of halogens is 1. The third-order valence-electron chi connectivity index (χ3n) is 4.75. The predicted octanol–water partition coefficient (Wildman–Crippen LogP) is 4.98. The highest BCUT2D eigenvalue weighted by Crippen LogP contribution is 2.15. The Balaban J connectivity index is 1.34. The molecule has 0 aliphatic carbocycles. The molecular formula is C26H26ClN3O3S. The van der Waals surface area contributed by atoms with Crippen molar-refractivity contribution >= 4 is 41.4 Å². The van der Waals surface area contributed by atoms with Crippen molar-refractivity contribution in [1.29, 1.82) is 0 Å². The number of amides is 2. The van der Waals surface area contributed by atoms with Crippen molar-refractivity contribution in [1.82, 2.24) is 10.7 Å². The van der Waals surface area contributed by atoms with Gasteiger partial charge in [-0.25, -0.2) is 5.43 Å². The molecule has 0 unspecified atom stereocenters. The minimum Gasteiger partial charge on any atom is -0.484 e. The third kappa shape index (κ3) is 8.92. The molecule has 0 saturated carbocycles. The molecule has 34 heavy (non-hydrogen) atoms. The summed E-state index contributed by atoms with van der Waals surface area (Å²) >= 11 is 7.37. The Morgan fingerprint density at radius 1 is 1.00 bits per heavy atom. The van der Waals surface area contributed by atoms with Crippen molar-refractivity contribution in [3.8, 4) is 5.75 Å². The van der Waals surface area contributed by atoms with Crippen LogP contribution in [0.25, 0.3) is 0 Å². The van der Waals surface area contributed by atoms with Crippen LogP contribution < -0.4 is 15.5 Å². The second-order valence-electron chi connectivity index (χ2n) is 7.47. The number of thioether (sulfide) groups is 1. The van der Waals surface area contributed by atoms with Gasteiger partial charge in [0, 0.05) is 10.8 Å². The van der Waals surface area contributed by atoms with Crippen LogP contribution in [0.4, 0.5) is 0 Å². The molecule has 0 radical (unpaired) electrons. The van der Waals surface area contributed by atoms with E-state index in [1.165, 1.54) is 11.8 Å². The lowest BCUT2D eigenvalue weighted by molar-refractivity contribution is -0.123. The van der Waals surface area contributed by atoms with Crippen molar-refractivity contribution in [3.05, 3.63) is 101 Å². The molecule has 1 atom stereocenters. The van der Waals surface area contributed by atoms with Crippen molar-refractivity contribution in [3.63, 3.8) is 0 Å². The van der Waals surface area contributed by atoms with Gasteiger partial charge in [-0.2, -0.15) is 5.10 Å². The van der Waals surface area contributed by atoms with E-state index in [1.807, 2.05) is 61.5 Å². The summed E-state index contributed by atoms with van der Waals surface area (Å²) in [6, 6.07) is 24.3. The van der Waals surface area contributed by atoms with Gasteiger partial charge in [-0.05, 0) is 60.0 Å². The number of carbonyl (C=O) groups is 2. The zero-order chi connectivity index (χ0) is 24.2. The van der Waals surface area contributed by atoms with E-state index in [2.05, 4.69) is 15.8 Å². The zero-order valence-electron chi connectivity index (χ0n) is 18.7. The standard InChI is InChI=1S/C26H26ClN3O3S/c1-19(22-5-3-2-4-6-22)29-25(31)16-33-24-13-9-20(10-14-24)15-28-30-26(32)18-34-17-21-7-11-23(27)12-8-21/h2-15,19H,16-18H2,1H3,(H,29,31)(H,30,32)/b28-15-/t19-/m0/s1. The fourth-order valence-electron chi connectivity index (χ4n) is 2.96. The lowest BCUT2D eigenvalue weighted by Gasteiger charge is -2.14. The maximum Gasteiger partial charge on any atom is 0.258 e. The Bertz CT molecular complexity index is 1090. The molecule has 0 spiro atoms. The molecule has 2 amide bonds. The average molecular weight is 496 g/mol. The summed E-state index contributed by atoms with van der Waals surface area (Å²) in [6.45, 7) is 1.85. The lowest BCUT2D eigenvalue weighted by Crippen LogP contribution is -2.31. The highest BCUT2D eigenvalue weighted by atomic mass is 35.5. The molecule has 6 nitrogen and oxygen atoms in total. The van der Waals surface area contributed by atoms with E-state index >= 15 is 0 Å². The van der Waals surface area contributed by atoms with Gasteiger partial charge in [-0.1, -0.05) is 54.1 Å². The van der Waals surface area contributed by atoms with E-state index in [4.69, 9.17) is 16.3 Å². The van der Waals surface area contributed by atoms with Crippen LogP contribution in [0, 0.1) is 0 Å². The zero-order valence-corrected chi connectivity index (χ0v) is 20.3. The summed E-state index contributed by atoms with van der Waals surface area (Å²) in [5.74, 6) is 1.23. The number of hydrogen-bond donors (Lipinski definition) is 2. The Morgan fingerprint density at radius 3 is 2.41 bits per heavy atom. The number of rotatable bonds is 11. The fraction of sp³-hybridized carbons (Fsp3) is 0.192. The normalized spacial score (nSPS) is 11.7. The van der Waals surface area contributed by atoms with E-state index in [-0.39, 0.29) is 24.5 Å². The van der Waals surface area contributed by atoms with E-state index in [1.54, 1.807) is 30.5 Å². The summed E-state index contributed by atoms with van der Waals surface area (Å²) in [6.07, 6.45) is 1.56. The molecule has 0 bridgehead atoms. The molecule has 176 valence electrons. The van der Waals surface area contributed by atoms with Crippen LogP contribution in [-0.4, -0.2) is 30.4 Å². The Hall–Kier alpha value is -3.29. The molecule has 3 rings (SSSR count). The van der Waals surface area contributed by atoms with E-state index in [9.17, 15) is 9.59 Å². The molecule has 0 aliphatic rings. The molecule has 8 heteroatoms. The Kier molecular flexibility index (Phi) is 10.0. The number of hydrazone groups is 1. The van der Waals surface area contributed by atoms with Gasteiger partial charge in [0.15, 0.2) is 6.61 Å². The van der Waals surface area contributed by atoms with Crippen LogP contribution in [0.3, 0.4) is 0 Å². The van der Waals surface area contributed by atoms with E-state index in [0.717, 1.165) is 22.4 Å². The van der Waals surface area contributed by atoms with Crippen LogP contribution >= 0.6 is 23.4 Å². The monoisotopic (exact) mass is 495 g/mol. The van der Waals surface area contributed by atoms with Crippen LogP contribution in [0.1, 0.15) is 29.7 Å². The van der Waals surface area contributed by atoms with E-state index < -0.39 is 0 Å². The van der Waals surface area contributed by atoms with Crippen molar-refractivity contribution < 1.29 is 14.3 Å². The number of benzene rings is 3. The molecule has 3 aromatic rings. The second-order valence-corrected chi connectivity index (χ2v) is 8.89. The molecule has 0 fully saturated rings. The molecule has 0 heterocycles. The van der Waals surface area contributed by atoms with Gasteiger partial charge in [0.1, 0.15) is 5.75 Å². The number of ether oxygens (including phenoxy) is 1. The largest absolute Gasteiger partial charge is 0.484 e. The summed E-state index contributed by atoms with van der Waals surface area (Å²) in [5.41, 5.74) is 5.45. The first-order valence-corrected chi connectivity index (χ1v) is 12.2. The van der Waals surface area contributed by atoms with Crippen LogP contribution in [-0.2, 0) is 15.3 Å². The number of hydrogen-bond acceptors (Lipinski definition) is 5. The van der Waals surface area contributed by atoms with Crippen LogP contribution in [0.15, 0.2) is 84.0 Å². The average Bonchev–Trinajstić information content (AvgIpc) is 2.85. The smallest absolute Gasteiger partial charge is 0.258 e. The third-order valence-corrected chi connectivity index (χ3v) is 6.00. The summed E-state index contributed by atoms with van der Waals surface area (Å²) in [4.78, 5) is 24.1. The van der Waals surface area contributed by atoms with Crippen LogP contribution in [0.2, 0.25) is 5.02 Å². The topological polar surface area (TPSA) is 79.8 Å². The highest BCUT2D eigenvalue weighted by Gasteiger charge is 2.09. The quantitative estimate of drug-likeness (QED) is 0.290. The molecule has 0 aromatic heterocycles. The minimum atomic E-state index is -0.196. The number of carbonyl (C=O) groups excluding carboxylic acids is 2. The Labute approximate surface area is 208 Å². The van der Waals surface area contributed by atoms with Gasteiger partial charge in [-0.15, -0.1) is 11.8 Å². The van der Waals surface area contributed by atoms with Gasteiger partial charge in [0.25, 0.3) is 5.91 Å². The predicted molar refractivity (Wildman–Crippen MR) is 138 cm³/mol. The van der Waals surface area contributed by atoms with Gasteiger partial charge in [-0.3, -0.25) is 9.59 Å². The molecule has 3 aromatic carbocycles. The molecule has 2 N–H and O–H groups in total. The molecule has 0 saturated heterocycles. The summed E-state index contributed by atoms with van der Waals surface area (Å²) < 4.78 is 5.55. The van der Waals surface area contributed by atoms with E-state index in [0.29, 0.717) is 16.5 Å². The summed E-state index contributed by atoms with van der Waals surface area (Å²) in [5, 5.41) is 7.59. The second kappa shape index (κ2) is 13.4. The van der Waals surface area contributed by atoms with Gasteiger partial charge < -0.3 is 10.1 Å². The van der Waals surface area contributed by atoms with Crippen molar-refractivity contribution in [2.24, 2.45) is 5.10 Å². The Morgan fingerprint density at radius 2 is 1.71 bits per heavy atom. The van der Waals surface area contributed by atoms with Gasteiger partial charge in [0.2, 0.25) is 5.91 Å². The SMILES string of the molecule is C[C@H](NC(=O)COc1ccc(/C=N\NC(=O)CSCc2ccc(Cl)cc2)cc1)c1ccccc1. The van der Waals surface area contributed by atoms with Crippen LogP contribution in [0.5, 0.6) is 5.75 Å². The minimum absolute atomic E-state index is 0.0750. The number of nitrogens with zero attached hydrogens (tertiary/aromatic N) is 1. The first kappa shape index (κ1) is 25.3. The fourth-order valence-corrected chi connectivity index (χ4v) is 3.87. The lowest BCUT2D eigenvalue weighted by atomic mass is 10.1. The first-order valence-electron chi connectivity index (χ1n) is 10.7. The first-order chi connectivity index (χ1) is 16.5. The maximum atomic E-state index is 12.1. The maximum absolute atomic E-state index is 12.1. The number of nitrogens with one attached hydrogen (secondary N) is 2. The highest BCUT2D eigenvalue weighted by molar-refractivity contribution is 7.99. The van der Waals surface area contributed by atoms with Gasteiger partial charge >= 0.3 is 0 Å². The van der Waals surface area contributed by atoms with Gasteiger partial charge in [0.05, 0.1) is 18.0 Å². The van der Waals surface area contributed by atoms with Crippen molar-refractivity contribution in [2.75, 3.05) is 12.4 Å². The molecule has 0 aliphatic heterocycles.